The summed E-state index contributed by atoms with van der Waals surface area (Å²) in [6.45, 7) is 1.31. The van der Waals surface area contributed by atoms with E-state index in [1.807, 2.05) is 35.1 Å². The molecule has 0 saturated carbocycles. The number of ether oxygens (including phenoxy) is 1. The minimum Gasteiger partial charge on any atom is -0.405 e. The average Bonchev–Trinajstić information content (AvgIpc) is 3.21. The Bertz CT molecular complexity index is 971. The molecule has 1 aromatic heterocycles. The van der Waals surface area contributed by atoms with Crippen molar-refractivity contribution in [3.05, 3.63) is 83.7 Å². The van der Waals surface area contributed by atoms with Gasteiger partial charge in [-0.1, -0.05) is 42.5 Å². The van der Waals surface area contributed by atoms with Crippen LogP contribution in [0.5, 0.6) is 5.75 Å². The monoisotopic (exact) mass is 417 g/mol. The predicted molar refractivity (Wildman–Crippen MR) is 108 cm³/mol. The van der Waals surface area contributed by atoms with Gasteiger partial charge in [-0.15, -0.1) is 13.2 Å². The number of hydrogen-bond donors (Lipinski definition) is 2. The highest BCUT2D eigenvalue weighted by Crippen LogP contribution is 2.26. The number of hydrogen-bond acceptors (Lipinski definition) is 3. The number of nitrogens with zero attached hydrogens (tertiary/aromatic N) is 3. The maximum Gasteiger partial charge on any atom is 0.573 e. The quantitative estimate of drug-likeness (QED) is 0.455. The molecule has 0 fully saturated rings. The first kappa shape index (κ1) is 21.2. The van der Waals surface area contributed by atoms with Gasteiger partial charge in [-0.2, -0.15) is 5.10 Å². The SMILES string of the molecule is CN=C(NCc1cccc(Cn2cccn2)c1)NCc1ccccc1OC(F)(F)F. The summed E-state index contributed by atoms with van der Waals surface area (Å²) in [6, 6.07) is 15.9. The van der Waals surface area contributed by atoms with Gasteiger partial charge < -0.3 is 15.4 Å². The number of para-hydroxylation sites is 1. The van der Waals surface area contributed by atoms with Crippen molar-refractivity contribution in [3.63, 3.8) is 0 Å². The molecule has 0 radical (unpaired) electrons. The van der Waals surface area contributed by atoms with Gasteiger partial charge in [0.15, 0.2) is 5.96 Å². The van der Waals surface area contributed by atoms with Crippen molar-refractivity contribution in [2.45, 2.75) is 26.0 Å². The molecule has 1 heterocycles. The number of rotatable bonds is 7. The number of guanidine groups is 1. The summed E-state index contributed by atoms with van der Waals surface area (Å²) in [7, 11) is 1.60. The predicted octanol–water partition coefficient (Wildman–Crippen LogP) is 3.70. The number of benzene rings is 2. The Morgan fingerprint density at radius 2 is 1.80 bits per heavy atom. The van der Waals surface area contributed by atoms with E-state index in [9.17, 15) is 13.2 Å². The van der Waals surface area contributed by atoms with Crippen LogP contribution in [0.2, 0.25) is 0 Å². The summed E-state index contributed by atoms with van der Waals surface area (Å²) in [6.07, 6.45) is -1.10. The molecule has 0 bridgehead atoms. The molecule has 0 unspecified atom stereocenters. The number of aromatic nitrogens is 2. The van der Waals surface area contributed by atoms with E-state index in [4.69, 9.17) is 0 Å². The van der Waals surface area contributed by atoms with Crippen LogP contribution in [0.1, 0.15) is 16.7 Å². The summed E-state index contributed by atoms with van der Waals surface area (Å²) < 4.78 is 43.6. The molecule has 0 saturated heterocycles. The fourth-order valence-corrected chi connectivity index (χ4v) is 2.88. The molecule has 0 aliphatic rings. The Hall–Kier alpha value is -3.49. The van der Waals surface area contributed by atoms with Gasteiger partial charge in [0.2, 0.25) is 0 Å². The van der Waals surface area contributed by atoms with Crippen molar-refractivity contribution in [2.75, 3.05) is 7.05 Å². The van der Waals surface area contributed by atoms with Gasteiger partial charge in [-0.05, 0) is 23.3 Å². The Labute approximate surface area is 172 Å². The molecular formula is C21H22F3N5O. The van der Waals surface area contributed by atoms with Crippen LogP contribution >= 0.6 is 0 Å². The Balaban J connectivity index is 1.56. The van der Waals surface area contributed by atoms with Crippen LogP contribution in [0.4, 0.5) is 13.2 Å². The number of alkyl halides is 3. The second-order valence-corrected chi connectivity index (χ2v) is 6.46. The second-order valence-electron chi connectivity index (χ2n) is 6.46. The summed E-state index contributed by atoms with van der Waals surface area (Å²) >= 11 is 0. The van der Waals surface area contributed by atoms with E-state index in [1.54, 1.807) is 25.4 Å². The third-order valence-corrected chi connectivity index (χ3v) is 4.22. The lowest BCUT2D eigenvalue weighted by Gasteiger charge is -2.16. The molecule has 3 rings (SSSR count). The van der Waals surface area contributed by atoms with Crippen molar-refractivity contribution in [3.8, 4) is 5.75 Å². The standard InChI is InChI=1S/C21H22F3N5O/c1-25-20(27-14-18-8-2-3-9-19(18)30-21(22,23)24)26-13-16-6-4-7-17(12-16)15-29-11-5-10-28-29/h2-12H,13-15H2,1H3,(H2,25,26,27). The first-order valence-corrected chi connectivity index (χ1v) is 9.26. The topological polar surface area (TPSA) is 63.5 Å². The van der Waals surface area contributed by atoms with E-state index in [0.717, 1.165) is 11.1 Å². The van der Waals surface area contributed by atoms with Crippen LogP contribution in [-0.4, -0.2) is 29.2 Å². The fraction of sp³-hybridized carbons (Fsp3) is 0.238. The van der Waals surface area contributed by atoms with Gasteiger partial charge in [0.25, 0.3) is 0 Å². The largest absolute Gasteiger partial charge is 0.573 e. The molecule has 2 aromatic carbocycles. The molecular weight excluding hydrogens is 395 g/mol. The zero-order valence-electron chi connectivity index (χ0n) is 16.4. The minimum atomic E-state index is -4.74. The van der Waals surface area contributed by atoms with Gasteiger partial charge in [-0.25, -0.2) is 0 Å². The third-order valence-electron chi connectivity index (χ3n) is 4.22. The van der Waals surface area contributed by atoms with Gasteiger partial charge in [0.05, 0.1) is 6.54 Å². The van der Waals surface area contributed by atoms with Crippen LogP contribution in [0.3, 0.4) is 0 Å². The van der Waals surface area contributed by atoms with E-state index in [0.29, 0.717) is 24.6 Å². The van der Waals surface area contributed by atoms with Gasteiger partial charge in [0.1, 0.15) is 5.75 Å². The average molecular weight is 417 g/mol. The van der Waals surface area contributed by atoms with Crippen LogP contribution in [0.25, 0.3) is 0 Å². The van der Waals surface area contributed by atoms with Crippen molar-refractivity contribution >= 4 is 5.96 Å². The summed E-state index contributed by atoms with van der Waals surface area (Å²) in [4.78, 5) is 4.12. The van der Waals surface area contributed by atoms with E-state index < -0.39 is 6.36 Å². The van der Waals surface area contributed by atoms with Crippen LogP contribution in [0.15, 0.2) is 72.0 Å². The fourth-order valence-electron chi connectivity index (χ4n) is 2.88. The van der Waals surface area contributed by atoms with Gasteiger partial charge in [0, 0.05) is 38.1 Å². The maximum atomic E-state index is 12.6. The Morgan fingerprint density at radius 1 is 1.03 bits per heavy atom. The van der Waals surface area contributed by atoms with Gasteiger partial charge >= 0.3 is 6.36 Å². The van der Waals surface area contributed by atoms with Gasteiger partial charge in [-0.3, -0.25) is 9.67 Å². The van der Waals surface area contributed by atoms with E-state index in [-0.39, 0.29) is 12.3 Å². The molecule has 6 nitrogen and oxygen atoms in total. The maximum absolute atomic E-state index is 12.6. The highest BCUT2D eigenvalue weighted by Gasteiger charge is 2.31. The number of halogens is 3. The first-order chi connectivity index (χ1) is 14.4. The molecule has 0 spiro atoms. The first-order valence-electron chi connectivity index (χ1n) is 9.26. The highest BCUT2D eigenvalue weighted by atomic mass is 19.4. The van der Waals surface area contributed by atoms with Crippen molar-refractivity contribution < 1.29 is 17.9 Å². The number of aliphatic imine (C=N–C) groups is 1. The zero-order valence-corrected chi connectivity index (χ0v) is 16.4. The summed E-state index contributed by atoms with van der Waals surface area (Å²) in [5.74, 6) is 0.230. The molecule has 0 aliphatic carbocycles. The molecule has 2 N–H and O–H groups in total. The van der Waals surface area contributed by atoms with Crippen LogP contribution in [-0.2, 0) is 19.6 Å². The van der Waals surface area contributed by atoms with Crippen molar-refractivity contribution in [1.82, 2.24) is 20.4 Å². The third kappa shape index (κ3) is 6.54. The zero-order chi connectivity index (χ0) is 21.4. The van der Waals surface area contributed by atoms with E-state index in [2.05, 4.69) is 31.5 Å². The normalized spacial score (nSPS) is 11.9. The lowest BCUT2D eigenvalue weighted by molar-refractivity contribution is -0.274. The van der Waals surface area contributed by atoms with Crippen LogP contribution < -0.4 is 15.4 Å². The second kappa shape index (κ2) is 9.82. The molecule has 30 heavy (non-hydrogen) atoms. The Kier molecular flexibility index (Phi) is 6.95. The summed E-state index contributed by atoms with van der Waals surface area (Å²) in [5.41, 5.74) is 2.53. The van der Waals surface area contributed by atoms with E-state index >= 15 is 0 Å². The number of nitrogens with one attached hydrogen (secondary N) is 2. The molecule has 0 amide bonds. The smallest absolute Gasteiger partial charge is 0.405 e. The lowest BCUT2D eigenvalue weighted by atomic mass is 10.1. The van der Waals surface area contributed by atoms with Crippen LogP contribution in [0, 0.1) is 0 Å². The Morgan fingerprint density at radius 3 is 2.53 bits per heavy atom. The highest BCUT2D eigenvalue weighted by molar-refractivity contribution is 5.79. The van der Waals surface area contributed by atoms with Crippen molar-refractivity contribution in [2.24, 2.45) is 4.99 Å². The van der Waals surface area contributed by atoms with Crippen molar-refractivity contribution in [1.29, 1.82) is 0 Å². The molecule has 3 aromatic rings. The summed E-state index contributed by atoms with van der Waals surface area (Å²) in [5, 5.41) is 10.4. The lowest BCUT2D eigenvalue weighted by Crippen LogP contribution is -2.36. The minimum absolute atomic E-state index is 0.130. The molecule has 0 aliphatic heterocycles. The molecule has 0 atom stereocenters. The molecule has 9 heteroatoms. The van der Waals surface area contributed by atoms with E-state index in [1.165, 1.54) is 12.1 Å². The molecule has 158 valence electrons.